The Balaban J connectivity index is 3.31. The Morgan fingerprint density at radius 3 is 2.26 bits per heavy atom. The molecule has 2 atom stereocenters. The van der Waals surface area contributed by atoms with E-state index in [9.17, 15) is 27.9 Å². The maximum absolute atomic E-state index is 12.5. The summed E-state index contributed by atoms with van der Waals surface area (Å²) in [5.74, 6) is -1.82. The number of aliphatic hydroxyl groups excluding tert-OH is 2. The number of carboxylic acids is 1. The van der Waals surface area contributed by atoms with Gasteiger partial charge in [0.15, 0.2) is 6.10 Å². The van der Waals surface area contributed by atoms with Crippen LogP contribution in [0, 0.1) is 0 Å². The second-order valence-electron chi connectivity index (χ2n) is 3.69. The van der Waals surface area contributed by atoms with Crippen LogP contribution in [-0.4, -0.2) is 33.7 Å². The van der Waals surface area contributed by atoms with E-state index in [1.165, 1.54) is 0 Å². The number of aliphatic hydroxyl groups is 2. The van der Waals surface area contributed by atoms with Crippen LogP contribution >= 0.6 is 0 Å². The first kappa shape index (κ1) is 15.1. The van der Waals surface area contributed by atoms with Crippen molar-refractivity contribution in [1.82, 2.24) is 0 Å². The molecule has 8 heteroatoms. The van der Waals surface area contributed by atoms with Gasteiger partial charge in [0.05, 0.1) is 5.56 Å². The first-order chi connectivity index (χ1) is 8.68. The monoisotopic (exact) mass is 278 g/mol. The van der Waals surface area contributed by atoms with Crippen molar-refractivity contribution < 1.29 is 38.1 Å². The summed E-state index contributed by atoms with van der Waals surface area (Å²) >= 11 is 0. The van der Waals surface area contributed by atoms with Crippen LogP contribution in [0.5, 0.6) is 0 Å². The highest BCUT2D eigenvalue weighted by Gasteiger charge is 2.33. The lowest BCUT2D eigenvalue weighted by Crippen LogP contribution is -2.28. The van der Waals surface area contributed by atoms with Gasteiger partial charge in [0.2, 0.25) is 0 Å². The first-order valence-electron chi connectivity index (χ1n) is 4.93. The average molecular weight is 278 g/mol. The third-order valence-corrected chi connectivity index (χ3v) is 2.41. The van der Waals surface area contributed by atoms with Crippen molar-refractivity contribution in [3.05, 3.63) is 34.9 Å². The number of hydrogen-bond donors (Lipinski definition) is 3. The molecule has 0 fully saturated rings. The van der Waals surface area contributed by atoms with E-state index >= 15 is 0 Å². The molecule has 0 radical (unpaired) electrons. The van der Waals surface area contributed by atoms with Gasteiger partial charge in [0.1, 0.15) is 12.4 Å². The summed E-state index contributed by atoms with van der Waals surface area (Å²) in [6, 6.07) is 1.84. The van der Waals surface area contributed by atoms with Crippen LogP contribution in [0.15, 0.2) is 18.2 Å². The number of benzene rings is 1. The van der Waals surface area contributed by atoms with Gasteiger partial charge in [-0.15, -0.1) is 0 Å². The smallest absolute Gasteiger partial charge is 0.416 e. The number of hydrogen-bond acceptors (Lipinski definition) is 4. The highest BCUT2D eigenvalue weighted by atomic mass is 19.4. The van der Waals surface area contributed by atoms with Crippen molar-refractivity contribution >= 4 is 12.3 Å². The second-order valence-corrected chi connectivity index (χ2v) is 3.69. The van der Waals surface area contributed by atoms with Gasteiger partial charge in [-0.3, -0.25) is 4.79 Å². The minimum atomic E-state index is -4.72. The van der Waals surface area contributed by atoms with Gasteiger partial charge >= 0.3 is 12.1 Å². The molecule has 1 aromatic rings. The predicted molar refractivity (Wildman–Crippen MR) is 55.4 cm³/mol. The molecule has 19 heavy (non-hydrogen) atoms. The van der Waals surface area contributed by atoms with Crippen molar-refractivity contribution in [2.24, 2.45) is 0 Å². The van der Waals surface area contributed by atoms with E-state index in [2.05, 4.69) is 0 Å². The molecule has 0 saturated carbocycles. The Morgan fingerprint density at radius 2 is 1.84 bits per heavy atom. The van der Waals surface area contributed by atoms with Crippen LogP contribution in [0.25, 0.3) is 0 Å². The maximum atomic E-state index is 12.5. The van der Waals surface area contributed by atoms with Gasteiger partial charge < -0.3 is 15.3 Å². The topological polar surface area (TPSA) is 94.8 Å². The highest BCUT2D eigenvalue weighted by molar-refractivity contribution is 5.79. The van der Waals surface area contributed by atoms with E-state index in [0.29, 0.717) is 12.1 Å². The molecule has 3 N–H and O–H groups in total. The molecule has 5 nitrogen and oxygen atoms in total. The van der Waals surface area contributed by atoms with Gasteiger partial charge in [-0.05, 0) is 17.7 Å². The summed E-state index contributed by atoms with van der Waals surface area (Å²) in [6.45, 7) is 0. The molecule has 0 aromatic heterocycles. The van der Waals surface area contributed by atoms with Crippen LogP contribution in [0.1, 0.15) is 27.6 Å². The largest absolute Gasteiger partial charge is 0.479 e. The van der Waals surface area contributed by atoms with E-state index in [1.807, 2.05) is 0 Å². The fourth-order valence-electron chi connectivity index (χ4n) is 1.42. The zero-order valence-electron chi connectivity index (χ0n) is 9.26. The van der Waals surface area contributed by atoms with Gasteiger partial charge in [0.25, 0.3) is 0 Å². The molecular formula is C11H9F3O5. The molecule has 1 aromatic carbocycles. The molecule has 0 aliphatic heterocycles. The van der Waals surface area contributed by atoms with Gasteiger partial charge in [0, 0.05) is 5.56 Å². The van der Waals surface area contributed by atoms with Crippen molar-refractivity contribution in [3.8, 4) is 0 Å². The second kappa shape index (κ2) is 5.37. The number of carbonyl (C=O) groups is 2. The van der Waals surface area contributed by atoms with Crippen LogP contribution in [0.3, 0.4) is 0 Å². The average Bonchev–Trinajstić information content (AvgIpc) is 2.34. The highest BCUT2D eigenvalue weighted by Crippen LogP contribution is 2.32. The predicted octanol–water partition coefficient (Wildman–Crippen LogP) is 0.997. The summed E-state index contributed by atoms with van der Waals surface area (Å²) < 4.78 is 37.4. The Morgan fingerprint density at radius 1 is 1.26 bits per heavy atom. The Labute approximate surface area is 104 Å². The maximum Gasteiger partial charge on any atom is 0.416 e. The van der Waals surface area contributed by atoms with Crippen molar-refractivity contribution in [3.63, 3.8) is 0 Å². The van der Waals surface area contributed by atoms with Crippen LogP contribution in [-0.2, 0) is 11.0 Å². The summed E-state index contributed by atoms with van der Waals surface area (Å²) in [6.07, 6.45) is -9.03. The summed E-state index contributed by atoms with van der Waals surface area (Å²) in [5, 5.41) is 27.1. The fourth-order valence-corrected chi connectivity index (χ4v) is 1.42. The quantitative estimate of drug-likeness (QED) is 0.714. The lowest BCUT2D eigenvalue weighted by Gasteiger charge is -2.17. The van der Waals surface area contributed by atoms with Crippen molar-refractivity contribution in [1.29, 1.82) is 0 Å². The van der Waals surface area contributed by atoms with E-state index in [1.54, 1.807) is 0 Å². The number of aldehydes is 1. The van der Waals surface area contributed by atoms with Crippen LogP contribution in [0.2, 0.25) is 0 Å². The number of halogens is 3. The minimum Gasteiger partial charge on any atom is -0.479 e. The van der Waals surface area contributed by atoms with E-state index < -0.39 is 35.5 Å². The van der Waals surface area contributed by atoms with Crippen LogP contribution in [0.4, 0.5) is 13.2 Å². The number of alkyl halides is 3. The first-order valence-corrected chi connectivity index (χ1v) is 4.93. The van der Waals surface area contributed by atoms with Gasteiger partial charge in [-0.1, -0.05) is 6.07 Å². The number of carboxylic acid groups (broad SMARTS) is 1. The van der Waals surface area contributed by atoms with Gasteiger partial charge in [-0.2, -0.15) is 13.2 Å². The molecule has 0 heterocycles. The molecule has 0 aliphatic carbocycles. The lowest BCUT2D eigenvalue weighted by molar-refractivity contribution is -0.153. The summed E-state index contributed by atoms with van der Waals surface area (Å²) in [4.78, 5) is 21.1. The molecule has 0 spiro atoms. The third-order valence-electron chi connectivity index (χ3n) is 2.41. The Bertz CT molecular complexity index is 498. The molecule has 0 bridgehead atoms. The fraction of sp³-hybridized carbons (Fsp3) is 0.273. The zero-order chi connectivity index (χ0) is 14.8. The lowest BCUT2D eigenvalue weighted by atomic mass is 9.96. The molecule has 1 rings (SSSR count). The SMILES string of the molecule is O=Cc1ccc(C(F)(F)F)cc1C(O)C(O)C(=O)O. The van der Waals surface area contributed by atoms with E-state index in [-0.39, 0.29) is 11.8 Å². The van der Waals surface area contributed by atoms with E-state index in [0.717, 1.165) is 6.07 Å². The van der Waals surface area contributed by atoms with Crippen molar-refractivity contribution in [2.45, 2.75) is 18.4 Å². The zero-order valence-corrected chi connectivity index (χ0v) is 9.26. The van der Waals surface area contributed by atoms with E-state index in [4.69, 9.17) is 10.2 Å². The molecule has 0 aliphatic rings. The summed E-state index contributed by atoms with van der Waals surface area (Å²) in [5.41, 5.74) is -2.09. The standard InChI is InChI=1S/C11H9F3O5/c12-11(13,14)6-2-1-5(4-15)7(3-6)8(16)9(17)10(18)19/h1-4,8-9,16-17H,(H,18,19). The number of rotatable bonds is 4. The Kier molecular flexibility index (Phi) is 4.28. The molecule has 2 unspecified atom stereocenters. The number of carbonyl (C=O) groups excluding carboxylic acids is 1. The van der Waals surface area contributed by atoms with Crippen molar-refractivity contribution in [2.75, 3.05) is 0 Å². The van der Waals surface area contributed by atoms with Gasteiger partial charge in [-0.25, -0.2) is 4.79 Å². The molecule has 104 valence electrons. The molecular weight excluding hydrogens is 269 g/mol. The number of aliphatic carboxylic acids is 1. The summed E-state index contributed by atoms with van der Waals surface area (Å²) in [7, 11) is 0. The minimum absolute atomic E-state index is 0.160. The Hall–Kier alpha value is -1.93. The molecule has 0 saturated heterocycles. The molecule has 0 amide bonds. The normalized spacial score (nSPS) is 14.8. The third kappa shape index (κ3) is 3.30. The van der Waals surface area contributed by atoms with Crippen LogP contribution < -0.4 is 0 Å².